The van der Waals surface area contributed by atoms with Gasteiger partial charge in [0.05, 0.1) is 5.56 Å². The number of benzene rings is 1. The standard InChI is InChI=1S/C11H9Cl2F4N3OS/c1-6-18-20(22-11(12,13)17)9(21)19(6)8-4-2-7(3-5-8)10(14,15)16/h2-6,18H,1H3. The molecule has 1 aliphatic rings. The van der Waals surface area contributed by atoms with Gasteiger partial charge in [-0.1, -0.05) is 23.2 Å². The number of urea groups is 1. The average molecular weight is 378 g/mol. The van der Waals surface area contributed by atoms with Gasteiger partial charge in [-0.15, -0.1) is 0 Å². The maximum atomic E-state index is 13.2. The predicted molar refractivity (Wildman–Crippen MR) is 76.9 cm³/mol. The van der Waals surface area contributed by atoms with Crippen molar-refractivity contribution in [2.24, 2.45) is 0 Å². The summed E-state index contributed by atoms with van der Waals surface area (Å²) < 4.78 is 48.8. The van der Waals surface area contributed by atoms with Gasteiger partial charge >= 0.3 is 16.1 Å². The molecule has 0 saturated carbocycles. The normalized spacial score (nSPS) is 20.0. The number of hydrogen-bond acceptors (Lipinski definition) is 3. The summed E-state index contributed by atoms with van der Waals surface area (Å²) in [5, 5.41) is 0. The van der Waals surface area contributed by atoms with Crippen molar-refractivity contribution in [1.29, 1.82) is 0 Å². The molecule has 1 fully saturated rings. The van der Waals surface area contributed by atoms with Crippen LogP contribution in [-0.4, -0.2) is 20.5 Å². The summed E-state index contributed by atoms with van der Waals surface area (Å²) in [5.74, 6) is 0. The number of carbonyl (C=O) groups is 1. The van der Waals surface area contributed by atoms with Gasteiger partial charge in [0.25, 0.3) is 0 Å². The molecule has 2 amide bonds. The van der Waals surface area contributed by atoms with Crippen LogP contribution in [0, 0.1) is 0 Å². The number of alkyl halides is 6. The Hall–Kier alpha value is -0.900. The van der Waals surface area contributed by atoms with Crippen molar-refractivity contribution in [1.82, 2.24) is 9.84 Å². The van der Waals surface area contributed by atoms with E-state index in [1.165, 1.54) is 0 Å². The molecule has 122 valence electrons. The van der Waals surface area contributed by atoms with Gasteiger partial charge in [-0.3, -0.25) is 4.90 Å². The first-order valence-electron chi connectivity index (χ1n) is 5.81. The van der Waals surface area contributed by atoms with Crippen molar-refractivity contribution in [2.75, 3.05) is 4.90 Å². The topological polar surface area (TPSA) is 35.6 Å². The monoisotopic (exact) mass is 377 g/mol. The quantitative estimate of drug-likeness (QED) is 0.478. The highest BCUT2D eigenvalue weighted by molar-refractivity contribution is 8.01. The lowest BCUT2D eigenvalue weighted by Crippen LogP contribution is -2.34. The second-order valence-corrected chi connectivity index (χ2v) is 7.13. The highest BCUT2D eigenvalue weighted by Gasteiger charge is 2.41. The largest absolute Gasteiger partial charge is 0.416 e. The molecule has 1 atom stereocenters. The summed E-state index contributed by atoms with van der Waals surface area (Å²) in [7, 11) is 0. The van der Waals surface area contributed by atoms with Gasteiger partial charge in [-0.05, 0) is 31.2 Å². The Morgan fingerprint density at radius 2 is 1.73 bits per heavy atom. The molecule has 1 heterocycles. The summed E-state index contributed by atoms with van der Waals surface area (Å²) >= 11 is 10.5. The number of rotatable bonds is 3. The number of anilines is 1. The minimum absolute atomic E-state index is 0.197. The zero-order valence-electron chi connectivity index (χ0n) is 10.9. The van der Waals surface area contributed by atoms with Crippen LogP contribution in [0.5, 0.6) is 0 Å². The lowest BCUT2D eigenvalue weighted by atomic mass is 10.2. The van der Waals surface area contributed by atoms with Gasteiger partial charge in [-0.2, -0.15) is 27.4 Å². The zero-order chi connectivity index (χ0) is 16.7. The van der Waals surface area contributed by atoms with Gasteiger partial charge in [0.1, 0.15) is 6.17 Å². The van der Waals surface area contributed by atoms with E-state index in [0.29, 0.717) is 0 Å². The number of nitrogens with one attached hydrogen (secondary N) is 1. The first-order valence-corrected chi connectivity index (χ1v) is 7.34. The third-order valence-corrected chi connectivity index (χ3v) is 3.80. The van der Waals surface area contributed by atoms with Crippen molar-refractivity contribution < 1.29 is 22.4 Å². The number of carbonyl (C=O) groups excluding carboxylic acids is 1. The van der Waals surface area contributed by atoms with E-state index < -0.39 is 27.9 Å². The SMILES string of the molecule is CC1NN(SC(F)(Cl)Cl)C(=O)N1c1ccc(C(F)(F)F)cc1. The highest BCUT2D eigenvalue weighted by Crippen LogP contribution is 2.40. The first kappa shape index (κ1) is 17.5. The van der Waals surface area contributed by atoms with Gasteiger partial charge in [-0.25, -0.2) is 4.79 Å². The summed E-state index contributed by atoms with van der Waals surface area (Å²) in [6, 6.07) is 3.30. The summed E-state index contributed by atoms with van der Waals surface area (Å²) in [4.78, 5) is 13.3. The van der Waals surface area contributed by atoms with E-state index in [2.05, 4.69) is 5.43 Å². The molecule has 0 radical (unpaired) electrons. The molecule has 1 N–H and O–H groups in total. The van der Waals surface area contributed by atoms with Crippen molar-refractivity contribution in [3.8, 4) is 0 Å². The smallest absolute Gasteiger partial charge is 0.275 e. The van der Waals surface area contributed by atoms with Crippen molar-refractivity contribution in [3.63, 3.8) is 0 Å². The van der Waals surface area contributed by atoms with Crippen LogP contribution in [0.1, 0.15) is 12.5 Å². The van der Waals surface area contributed by atoms with Crippen LogP contribution >= 0.6 is 35.1 Å². The molecule has 1 saturated heterocycles. The molecule has 2 rings (SSSR count). The van der Waals surface area contributed by atoms with E-state index in [4.69, 9.17) is 23.2 Å². The Kier molecular flexibility index (Phi) is 4.72. The van der Waals surface area contributed by atoms with E-state index in [1.807, 2.05) is 0 Å². The molecule has 1 aliphatic heterocycles. The van der Waals surface area contributed by atoms with Crippen molar-refractivity contribution in [3.05, 3.63) is 29.8 Å². The van der Waals surface area contributed by atoms with E-state index >= 15 is 0 Å². The molecule has 1 unspecified atom stereocenters. The summed E-state index contributed by atoms with van der Waals surface area (Å²) in [5.41, 5.74) is 1.98. The van der Waals surface area contributed by atoms with E-state index in [9.17, 15) is 22.4 Å². The molecule has 1 aromatic rings. The van der Waals surface area contributed by atoms with Crippen molar-refractivity contribution in [2.45, 2.75) is 23.2 Å². The lowest BCUT2D eigenvalue weighted by molar-refractivity contribution is -0.137. The summed E-state index contributed by atoms with van der Waals surface area (Å²) in [6.07, 6.45) is -5.09. The fourth-order valence-electron chi connectivity index (χ4n) is 1.86. The third kappa shape index (κ3) is 3.89. The Balaban J connectivity index is 2.20. The molecule has 4 nitrogen and oxygen atoms in total. The number of halogens is 6. The Bertz CT molecular complexity index is 564. The molecule has 0 spiro atoms. The molecule has 0 aliphatic carbocycles. The van der Waals surface area contributed by atoms with Crippen LogP contribution < -0.4 is 10.3 Å². The van der Waals surface area contributed by atoms with Gasteiger partial charge < -0.3 is 0 Å². The maximum absolute atomic E-state index is 13.2. The second-order valence-electron chi connectivity index (χ2n) is 4.33. The number of nitrogens with zero attached hydrogens (tertiary/aromatic N) is 2. The van der Waals surface area contributed by atoms with Gasteiger partial charge in [0.15, 0.2) is 0 Å². The van der Waals surface area contributed by atoms with Crippen LogP contribution in [0.3, 0.4) is 0 Å². The molecule has 1 aromatic carbocycles. The molecule has 0 aromatic heterocycles. The third-order valence-electron chi connectivity index (χ3n) is 2.74. The number of hydrogen-bond donors (Lipinski definition) is 1. The molecular weight excluding hydrogens is 369 g/mol. The van der Waals surface area contributed by atoms with Crippen LogP contribution in [0.25, 0.3) is 0 Å². The van der Waals surface area contributed by atoms with Crippen LogP contribution in [-0.2, 0) is 6.18 Å². The highest BCUT2D eigenvalue weighted by atomic mass is 35.5. The zero-order valence-corrected chi connectivity index (χ0v) is 13.2. The fraction of sp³-hybridized carbons (Fsp3) is 0.364. The summed E-state index contributed by atoms with van der Waals surface area (Å²) in [6.45, 7) is 1.57. The Labute approximate surface area is 137 Å². The van der Waals surface area contributed by atoms with Gasteiger partial charge in [0, 0.05) is 17.6 Å². The van der Waals surface area contributed by atoms with Crippen LogP contribution in [0.2, 0.25) is 0 Å². The minimum atomic E-state index is -4.47. The molecule has 11 heteroatoms. The van der Waals surface area contributed by atoms with Gasteiger partial charge in [0.2, 0.25) is 0 Å². The van der Waals surface area contributed by atoms with Crippen molar-refractivity contribution >= 4 is 46.9 Å². The van der Waals surface area contributed by atoms with Crippen LogP contribution in [0.15, 0.2) is 24.3 Å². The maximum Gasteiger partial charge on any atom is 0.416 e. The second kappa shape index (κ2) is 5.95. The Morgan fingerprint density at radius 3 is 2.18 bits per heavy atom. The molecule has 0 bridgehead atoms. The molecular formula is C11H9Cl2F4N3OS. The van der Waals surface area contributed by atoms with E-state index in [0.717, 1.165) is 33.6 Å². The first-order chi connectivity index (χ1) is 9.99. The Morgan fingerprint density at radius 1 is 1.18 bits per heavy atom. The number of hydrazine groups is 1. The fourth-order valence-corrected chi connectivity index (χ4v) is 2.85. The number of amides is 2. The van der Waals surface area contributed by atoms with E-state index in [1.54, 1.807) is 6.92 Å². The molecule has 22 heavy (non-hydrogen) atoms. The minimum Gasteiger partial charge on any atom is -0.275 e. The lowest BCUT2D eigenvalue weighted by Gasteiger charge is -2.20. The van der Waals surface area contributed by atoms with E-state index in [-0.39, 0.29) is 17.6 Å². The average Bonchev–Trinajstić information content (AvgIpc) is 2.61. The van der Waals surface area contributed by atoms with Crippen LogP contribution in [0.4, 0.5) is 28.0 Å². The predicted octanol–water partition coefficient (Wildman–Crippen LogP) is 4.50.